The van der Waals surface area contributed by atoms with Gasteiger partial charge in [0.1, 0.15) is 5.75 Å². The first kappa shape index (κ1) is 20.0. The molecule has 4 nitrogen and oxygen atoms in total. The Morgan fingerprint density at radius 2 is 1.63 bits per heavy atom. The number of rotatable bonds is 4. The number of hydrogen-bond acceptors (Lipinski definition) is 3. The molecule has 154 valence electrons. The molecule has 1 N–H and O–H groups in total. The van der Waals surface area contributed by atoms with Gasteiger partial charge in [0.15, 0.2) is 0 Å². The number of carbonyl (C=O) groups excluding carboxylic acids is 1. The van der Waals surface area contributed by atoms with Gasteiger partial charge in [0, 0.05) is 23.0 Å². The molecule has 1 aliphatic heterocycles. The zero-order valence-corrected chi connectivity index (χ0v) is 18.0. The fraction of sp³-hybridized carbons (Fsp3) is 0.269. The van der Waals surface area contributed by atoms with Crippen molar-refractivity contribution in [2.45, 2.75) is 39.3 Å². The molecule has 1 amide bonds. The summed E-state index contributed by atoms with van der Waals surface area (Å²) in [5.41, 5.74) is 6.29. The van der Waals surface area contributed by atoms with Crippen LogP contribution in [0.2, 0.25) is 0 Å². The van der Waals surface area contributed by atoms with Crippen molar-refractivity contribution in [3.63, 3.8) is 0 Å². The van der Waals surface area contributed by atoms with Gasteiger partial charge in [-0.05, 0) is 80.8 Å². The first-order chi connectivity index (χ1) is 14.5. The van der Waals surface area contributed by atoms with Crippen molar-refractivity contribution in [2.75, 3.05) is 17.3 Å². The molecule has 4 rings (SSSR count). The zero-order valence-electron chi connectivity index (χ0n) is 18.0. The Kier molecular flexibility index (Phi) is 5.49. The second-order valence-electron chi connectivity index (χ2n) is 8.11. The second-order valence-corrected chi connectivity index (χ2v) is 8.11. The number of methoxy groups -OCH3 is 1. The van der Waals surface area contributed by atoms with Crippen molar-refractivity contribution in [1.82, 2.24) is 0 Å². The van der Waals surface area contributed by atoms with Crippen LogP contribution < -0.4 is 15.0 Å². The quantitative estimate of drug-likeness (QED) is 0.592. The van der Waals surface area contributed by atoms with Crippen molar-refractivity contribution < 1.29 is 9.53 Å². The fourth-order valence-corrected chi connectivity index (χ4v) is 4.14. The summed E-state index contributed by atoms with van der Waals surface area (Å²) in [5, 5.41) is 3.67. The van der Waals surface area contributed by atoms with E-state index in [0.29, 0.717) is 5.56 Å². The number of carbonyl (C=O) groups is 1. The van der Waals surface area contributed by atoms with E-state index in [4.69, 9.17) is 4.74 Å². The molecule has 0 aromatic heterocycles. The number of anilines is 2. The van der Waals surface area contributed by atoms with E-state index in [0.717, 1.165) is 34.7 Å². The smallest absolute Gasteiger partial charge is 0.258 e. The van der Waals surface area contributed by atoms with Crippen molar-refractivity contribution in [3.05, 3.63) is 89.0 Å². The van der Waals surface area contributed by atoms with Crippen LogP contribution in [-0.2, 0) is 0 Å². The molecule has 3 aromatic carbocycles. The lowest BCUT2D eigenvalue weighted by atomic mass is 9.90. The summed E-state index contributed by atoms with van der Waals surface area (Å²) in [7, 11) is 1.63. The number of amides is 1. The number of benzene rings is 3. The van der Waals surface area contributed by atoms with E-state index >= 15 is 0 Å². The van der Waals surface area contributed by atoms with Crippen LogP contribution in [0.5, 0.6) is 5.75 Å². The van der Waals surface area contributed by atoms with E-state index in [1.165, 1.54) is 5.56 Å². The molecule has 0 fully saturated rings. The van der Waals surface area contributed by atoms with E-state index in [1.807, 2.05) is 29.2 Å². The Morgan fingerprint density at radius 1 is 0.967 bits per heavy atom. The number of nitrogens with one attached hydrogen (secondary N) is 1. The first-order valence-corrected chi connectivity index (χ1v) is 10.4. The van der Waals surface area contributed by atoms with Gasteiger partial charge in [-0.25, -0.2) is 0 Å². The lowest BCUT2D eigenvalue weighted by molar-refractivity contribution is 0.0974. The molecule has 2 atom stereocenters. The lowest BCUT2D eigenvalue weighted by Crippen LogP contribution is -2.44. The SMILES string of the molecule is COc1ccc(C(=O)N2c3cc(C)ccc3C(Nc3ccc(C)cc3)CC2C)cc1. The van der Waals surface area contributed by atoms with Gasteiger partial charge < -0.3 is 15.0 Å². The second kappa shape index (κ2) is 8.23. The number of hydrogen-bond donors (Lipinski definition) is 1. The number of ether oxygens (including phenoxy) is 1. The van der Waals surface area contributed by atoms with Crippen molar-refractivity contribution in [1.29, 1.82) is 0 Å². The molecular weight excluding hydrogens is 372 g/mol. The molecule has 0 aliphatic carbocycles. The number of aryl methyl sites for hydroxylation is 2. The maximum Gasteiger partial charge on any atom is 0.258 e. The van der Waals surface area contributed by atoms with Crippen molar-refractivity contribution in [3.8, 4) is 5.75 Å². The monoisotopic (exact) mass is 400 g/mol. The van der Waals surface area contributed by atoms with Crippen molar-refractivity contribution in [2.24, 2.45) is 0 Å². The van der Waals surface area contributed by atoms with Crippen LogP contribution in [0.3, 0.4) is 0 Å². The van der Waals surface area contributed by atoms with Gasteiger partial charge in [0.25, 0.3) is 5.91 Å². The van der Waals surface area contributed by atoms with Crippen LogP contribution in [-0.4, -0.2) is 19.1 Å². The van der Waals surface area contributed by atoms with E-state index in [-0.39, 0.29) is 18.0 Å². The van der Waals surface area contributed by atoms with Gasteiger partial charge in [-0.15, -0.1) is 0 Å². The fourth-order valence-electron chi connectivity index (χ4n) is 4.14. The van der Waals surface area contributed by atoms with Gasteiger partial charge in [-0.2, -0.15) is 0 Å². The molecule has 0 saturated heterocycles. The third-order valence-electron chi connectivity index (χ3n) is 5.79. The molecular formula is C26H28N2O2. The Bertz CT molecular complexity index is 1040. The Labute approximate surface area is 178 Å². The van der Waals surface area contributed by atoms with Gasteiger partial charge in [0.05, 0.1) is 13.2 Å². The summed E-state index contributed by atoms with van der Waals surface area (Å²) in [4.78, 5) is 15.4. The first-order valence-electron chi connectivity index (χ1n) is 10.4. The van der Waals surface area contributed by atoms with Gasteiger partial charge in [-0.3, -0.25) is 4.79 Å². The van der Waals surface area contributed by atoms with Gasteiger partial charge >= 0.3 is 0 Å². The van der Waals surface area contributed by atoms with Crippen LogP contribution in [0.4, 0.5) is 11.4 Å². The maximum absolute atomic E-state index is 13.5. The van der Waals surface area contributed by atoms with Gasteiger partial charge in [-0.1, -0.05) is 29.8 Å². The van der Waals surface area contributed by atoms with Gasteiger partial charge in [0.2, 0.25) is 0 Å². The normalized spacial score (nSPS) is 17.9. The zero-order chi connectivity index (χ0) is 21.3. The van der Waals surface area contributed by atoms with E-state index < -0.39 is 0 Å². The predicted octanol–water partition coefficient (Wildman–Crippen LogP) is 5.90. The highest BCUT2D eigenvalue weighted by Crippen LogP contribution is 2.40. The van der Waals surface area contributed by atoms with E-state index in [9.17, 15) is 4.79 Å². The van der Waals surface area contributed by atoms with Crippen LogP contribution >= 0.6 is 0 Å². The van der Waals surface area contributed by atoms with E-state index in [1.54, 1.807) is 7.11 Å². The van der Waals surface area contributed by atoms with Crippen LogP contribution in [0.25, 0.3) is 0 Å². The minimum absolute atomic E-state index is 0.0192. The third-order valence-corrected chi connectivity index (χ3v) is 5.79. The molecule has 3 aromatic rings. The number of fused-ring (bicyclic) bond motifs is 1. The lowest BCUT2D eigenvalue weighted by Gasteiger charge is -2.40. The topological polar surface area (TPSA) is 41.6 Å². The summed E-state index contributed by atoms with van der Waals surface area (Å²) < 4.78 is 5.23. The minimum atomic E-state index is 0.0192. The summed E-state index contributed by atoms with van der Waals surface area (Å²) in [5.74, 6) is 0.766. The van der Waals surface area contributed by atoms with Crippen LogP contribution in [0.1, 0.15) is 46.4 Å². The minimum Gasteiger partial charge on any atom is -0.497 e. The van der Waals surface area contributed by atoms with Crippen molar-refractivity contribution >= 4 is 17.3 Å². The molecule has 0 spiro atoms. The Balaban J connectivity index is 1.69. The molecule has 0 saturated carbocycles. The van der Waals surface area contributed by atoms with Crippen LogP contribution in [0.15, 0.2) is 66.7 Å². The average Bonchev–Trinajstić information content (AvgIpc) is 2.75. The highest BCUT2D eigenvalue weighted by Gasteiger charge is 2.34. The summed E-state index contributed by atoms with van der Waals surface area (Å²) >= 11 is 0. The predicted molar refractivity (Wildman–Crippen MR) is 123 cm³/mol. The largest absolute Gasteiger partial charge is 0.497 e. The highest BCUT2D eigenvalue weighted by molar-refractivity contribution is 6.07. The highest BCUT2D eigenvalue weighted by atomic mass is 16.5. The Morgan fingerprint density at radius 3 is 2.30 bits per heavy atom. The van der Waals surface area contributed by atoms with Crippen LogP contribution in [0, 0.1) is 13.8 Å². The molecule has 1 aliphatic rings. The molecule has 2 unspecified atom stereocenters. The number of nitrogens with zero attached hydrogens (tertiary/aromatic N) is 1. The average molecular weight is 401 g/mol. The maximum atomic E-state index is 13.5. The molecule has 1 heterocycles. The molecule has 30 heavy (non-hydrogen) atoms. The molecule has 4 heteroatoms. The Hall–Kier alpha value is -3.27. The van der Waals surface area contributed by atoms with E-state index in [2.05, 4.69) is 68.6 Å². The molecule has 0 radical (unpaired) electrons. The molecule has 0 bridgehead atoms. The third kappa shape index (κ3) is 3.90. The summed E-state index contributed by atoms with van der Waals surface area (Å²) in [6.07, 6.45) is 0.839. The summed E-state index contributed by atoms with van der Waals surface area (Å²) in [6.45, 7) is 6.28. The standard InChI is InChI=1S/C26H28N2O2/c1-17-5-10-21(11-6-17)27-24-16-19(3)28(25-15-18(2)7-14-23(24)25)26(29)20-8-12-22(30-4)13-9-20/h5-15,19,24,27H,16H2,1-4H3. The summed E-state index contributed by atoms with van der Waals surface area (Å²) in [6, 6.07) is 22.4.